The highest BCUT2D eigenvalue weighted by atomic mass is 35.5. The van der Waals surface area contributed by atoms with Crippen molar-refractivity contribution in [1.29, 1.82) is 0 Å². The number of halogens is 2. The lowest BCUT2D eigenvalue weighted by atomic mass is 10.1. The average Bonchev–Trinajstić information content (AvgIpc) is 2.74. The monoisotopic (exact) mass is 478 g/mol. The zero-order valence-electron chi connectivity index (χ0n) is 16.8. The van der Waals surface area contributed by atoms with E-state index in [9.17, 15) is 13.2 Å². The van der Waals surface area contributed by atoms with Crippen LogP contribution in [-0.4, -0.2) is 28.5 Å². The third kappa shape index (κ3) is 5.50. The average molecular weight is 479 g/mol. The smallest absolute Gasteiger partial charge is 0.264 e. The summed E-state index contributed by atoms with van der Waals surface area (Å²) >= 11 is 11.8. The van der Waals surface area contributed by atoms with Crippen LogP contribution in [0.5, 0.6) is 5.75 Å². The number of carbonyl (C=O) groups is 1. The molecule has 3 aromatic carbocycles. The van der Waals surface area contributed by atoms with E-state index in [1.54, 1.807) is 42.5 Å². The third-order valence-electron chi connectivity index (χ3n) is 4.57. The molecular weight excluding hydrogens is 459 g/mol. The second-order valence-electron chi connectivity index (χ2n) is 6.66. The van der Waals surface area contributed by atoms with Gasteiger partial charge in [0, 0.05) is 17.1 Å². The highest BCUT2D eigenvalue weighted by molar-refractivity contribution is 7.92. The summed E-state index contributed by atoms with van der Waals surface area (Å²) < 4.78 is 32.0. The lowest BCUT2D eigenvalue weighted by molar-refractivity contribution is -0.115. The van der Waals surface area contributed by atoms with Crippen molar-refractivity contribution in [2.24, 2.45) is 0 Å². The summed E-state index contributed by atoms with van der Waals surface area (Å²) in [4.78, 5) is 12.6. The van der Waals surface area contributed by atoms with Crippen LogP contribution in [-0.2, 0) is 21.2 Å². The van der Waals surface area contributed by atoms with E-state index in [0.717, 1.165) is 5.56 Å². The van der Waals surface area contributed by atoms with Gasteiger partial charge in [-0.2, -0.15) is 0 Å². The van der Waals surface area contributed by atoms with E-state index in [0.29, 0.717) is 27.2 Å². The summed E-state index contributed by atoms with van der Waals surface area (Å²) in [6, 6.07) is 17.6. The summed E-state index contributed by atoms with van der Waals surface area (Å²) in [6.07, 6.45) is 0.101. The Morgan fingerprint density at radius 1 is 0.968 bits per heavy atom. The second kappa shape index (κ2) is 9.60. The van der Waals surface area contributed by atoms with Gasteiger partial charge in [-0.05, 0) is 60.2 Å². The van der Waals surface area contributed by atoms with E-state index < -0.39 is 10.0 Å². The number of anilines is 2. The Labute approximate surface area is 191 Å². The Morgan fingerprint density at radius 3 is 2.19 bits per heavy atom. The number of nitrogens with one attached hydrogen (secondary N) is 1. The standard InChI is InChI=1S/C22H20Cl2N2O4S/c1-26(31(28,29)19-10-5-16(23)6-11-19)18-8-3-15(4-9-18)13-22(27)25-20-14-17(24)7-12-21(20)30-2/h3-12,14H,13H2,1-2H3,(H,25,27). The van der Waals surface area contributed by atoms with Crippen LogP contribution in [0.1, 0.15) is 5.56 Å². The molecule has 0 aliphatic rings. The fourth-order valence-electron chi connectivity index (χ4n) is 2.88. The first-order chi connectivity index (χ1) is 14.7. The molecule has 0 atom stereocenters. The van der Waals surface area contributed by atoms with E-state index in [4.69, 9.17) is 27.9 Å². The molecule has 0 aliphatic carbocycles. The summed E-state index contributed by atoms with van der Waals surface area (Å²) in [5.74, 6) is 0.248. The molecule has 31 heavy (non-hydrogen) atoms. The van der Waals surface area contributed by atoms with Crippen LogP contribution in [0, 0.1) is 0 Å². The number of hydrogen-bond donors (Lipinski definition) is 1. The van der Waals surface area contributed by atoms with Gasteiger partial charge in [0.05, 0.1) is 29.8 Å². The number of benzene rings is 3. The molecule has 6 nitrogen and oxygen atoms in total. The minimum Gasteiger partial charge on any atom is -0.495 e. The van der Waals surface area contributed by atoms with Gasteiger partial charge in [0.15, 0.2) is 0 Å². The Balaban J connectivity index is 1.70. The molecular formula is C22H20Cl2N2O4S. The van der Waals surface area contributed by atoms with Crippen LogP contribution in [0.2, 0.25) is 10.0 Å². The molecule has 0 unspecified atom stereocenters. The molecule has 0 saturated heterocycles. The minimum absolute atomic E-state index is 0.101. The van der Waals surface area contributed by atoms with Crippen molar-refractivity contribution >= 4 is 50.5 Å². The largest absolute Gasteiger partial charge is 0.495 e. The maximum absolute atomic E-state index is 12.8. The van der Waals surface area contributed by atoms with E-state index >= 15 is 0 Å². The number of methoxy groups -OCH3 is 1. The van der Waals surface area contributed by atoms with Crippen molar-refractivity contribution in [2.45, 2.75) is 11.3 Å². The summed E-state index contributed by atoms with van der Waals surface area (Å²) in [5, 5.41) is 3.71. The summed E-state index contributed by atoms with van der Waals surface area (Å²) in [7, 11) is -0.753. The number of ether oxygens (including phenoxy) is 1. The van der Waals surface area contributed by atoms with Crippen molar-refractivity contribution in [3.63, 3.8) is 0 Å². The molecule has 0 radical (unpaired) electrons. The van der Waals surface area contributed by atoms with Crippen LogP contribution in [0.25, 0.3) is 0 Å². The summed E-state index contributed by atoms with van der Waals surface area (Å²) in [6.45, 7) is 0. The topological polar surface area (TPSA) is 75.7 Å². The molecule has 3 aromatic rings. The van der Waals surface area contributed by atoms with E-state index in [1.807, 2.05) is 0 Å². The van der Waals surface area contributed by atoms with Gasteiger partial charge in [0.25, 0.3) is 10.0 Å². The van der Waals surface area contributed by atoms with Crippen molar-refractivity contribution in [1.82, 2.24) is 0 Å². The zero-order valence-corrected chi connectivity index (χ0v) is 19.1. The van der Waals surface area contributed by atoms with Crippen molar-refractivity contribution in [3.8, 4) is 5.75 Å². The molecule has 162 valence electrons. The van der Waals surface area contributed by atoms with Gasteiger partial charge >= 0.3 is 0 Å². The number of sulfonamides is 1. The molecule has 0 aliphatic heterocycles. The Hall–Kier alpha value is -2.74. The molecule has 3 rings (SSSR count). The molecule has 0 bridgehead atoms. The highest BCUT2D eigenvalue weighted by Gasteiger charge is 2.21. The lowest BCUT2D eigenvalue weighted by Crippen LogP contribution is -2.26. The van der Waals surface area contributed by atoms with Crippen molar-refractivity contribution in [3.05, 3.63) is 82.3 Å². The second-order valence-corrected chi connectivity index (χ2v) is 9.50. The van der Waals surface area contributed by atoms with Crippen LogP contribution >= 0.6 is 23.2 Å². The van der Waals surface area contributed by atoms with Gasteiger partial charge in [-0.1, -0.05) is 35.3 Å². The van der Waals surface area contributed by atoms with Crippen LogP contribution in [0.4, 0.5) is 11.4 Å². The minimum atomic E-state index is -3.73. The normalized spacial score (nSPS) is 11.1. The summed E-state index contributed by atoms with van der Waals surface area (Å²) in [5.41, 5.74) is 1.67. The van der Waals surface area contributed by atoms with Crippen LogP contribution in [0.3, 0.4) is 0 Å². The van der Waals surface area contributed by atoms with E-state index in [-0.39, 0.29) is 17.2 Å². The first-order valence-corrected chi connectivity index (χ1v) is 11.4. The van der Waals surface area contributed by atoms with Crippen LogP contribution < -0.4 is 14.4 Å². The SMILES string of the molecule is COc1ccc(Cl)cc1NC(=O)Cc1ccc(N(C)S(=O)(=O)c2ccc(Cl)cc2)cc1. The molecule has 0 aromatic heterocycles. The predicted octanol–water partition coefficient (Wildman–Crippen LogP) is 5.01. The molecule has 0 fully saturated rings. The van der Waals surface area contributed by atoms with Gasteiger partial charge < -0.3 is 10.1 Å². The number of carbonyl (C=O) groups excluding carboxylic acids is 1. The van der Waals surface area contributed by atoms with Gasteiger partial charge in [-0.25, -0.2) is 8.42 Å². The molecule has 9 heteroatoms. The zero-order chi connectivity index (χ0) is 22.6. The van der Waals surface area contributed by atoms with Gasteiger partial charge in [-0.15, -0.1) is 0 Å². The number of rotatable bonds is 7. The van der Waals surface area contributed by atoms with Gasteiger partial charge in [0.2, 0.25) is 5.91 Å². The fourth-order valence-corrected chi connectivity index (χ4v) is 4.38. The van der Waals surface area contributed by atoms with Gasteiger partial charge in [-0.3, -0.25) is 9.10 Å². The van der Waals surface area contributed by atoms with Crippen molar-refractivity contribution in [2.75, 3.05) is 23.8 Å². The molecule has 1 amide bonds. The van der Waals surface area contributed by atoms with E-state index in [1.165, 1.54) is 42.7 Å². The predicted molar refractivity (Wildman–Crippen MR) is 124 cm³/mol. The molecule has 0 heterocycles. The third-order valence-corrected chi connectivity index (χ3v) is 6.86. The lowest BCUT2D eigenvalue weighted by Gasteiger charge is -2.20. The molecule has 0 saturated carbocycles. The maximum Gasteiger partial charge on any atom is 0.264 e. The number of amides is 1. The van der Waals surface area contributed by atoms with Gasteiger partial charge in [0.1, 0.15) is 5.75 Å². The Morgan fingerprint density at radius 2 is 1.58 bits per heavy atom. The fraction of sp³-hybridized carbons (Fsp3) is 0.136. The quantitative estimate of drug-likeness (QED) is 0.517. The maximum atomic E-state index is 12.8. The number of nitrogens with zero attached hydrogens (tertiary/aromatic N) is 1. The molecule has 0 spiro atoms. The molecule has 1 N–H and O–H groups in total. The Bertz CT molecular complexity index is 1180. The Kier molecular flexibility index (Phi) is 7.10. The first-order valence-electron chi connectivity index (χ1n) is 9.17. The van der Waals surface area contributed by atoms with Crippen molar-refractivity contribution < 1.29 is 17.9 Å². The first kappa shape index (κ1) is 22.9. The number of hydrogen-bond acceptors (Lipinski definition) is 4. The van der Waals surface area contributed by atoms with E-state index in [2.05, 4.69) is 5.32 Å². The van der Waals surface area contributed by atoms with Crippen LogP contribution in [0.15, 0.2) is 71.6 Å². The highest BCUT2D eigenvalue weighted by Crippen LogP contribution is 2.28.